The van der Waals surface area contributed by atoms with Crippen LogP contribution in [0, 0.1) is 11.8 Å². The standard InChI is InChI=1S/C18H45F2N2O29P7/c19-21-11-17(13-23)14-50-57(35,36)47-9-7-45-55(31,32)43-5-3-41-53(27,28)39-1-2-40-54(29,30)42-4-6-44-56(33,34)46-8-10-48-58(37,38)51-16-18(12-22-20)15-49-52(24,25)26/h17-18,21-23H,1-16H2,(H,27,28)(H,29,30)(H,31,32)(H,33,34)(H,35,36)(H,37,38)(H2,24,25,26)/p-7. The number of rotatable bonds is 39. The van der Waals surface area contributed by atoms with Gasteiger partial charge in [-0.05, 0) is 0 Å². The van der Waals surface area contributed by atoms with Crippen molar-refractivity contribution in [3.8, 4) is 0 Å². The molecule has 4 N–H and O–H groups in total. The molecule has 9 unspecified atom stereocenters. The molecule has 0 aliphatic carbocycles. The average Bonchev–Trinajstić information content (AvgIpc) is 3.10. The van der Waals surface area contributed by atoms with Crippen LogP contribution < -0.4 is 45.3 Å². The molecule has 0 aromatic rings. The Balaban J connectivity index is 4.27. The SMILES string of the molecule is O=P([O-])(O)OCC(CNF)COP(=O)([O-])OCCOP(=O)([O-])OCCOP(=O)([O-])OCCOP(=O)([O-])OCCOP(=O)([O-])OCCOP(=O)([O-])OCC(CO)CNF. The molecule has 40 heteroatoms. The van der Waals surface area contributed by atoms with Gasteiger partial charge in [0.25, 0.3) is 54.8 Å². The van der Waals surface area contributed by atoms with Crippen LogP contribution in [0.4, 0.5) is 8.96 Å². The minimum Gasteiger partial charge on any atom is -0.756 e. The van der Waals surface area contributed by atoms with Crippen LogP contribution in [0.15, 0.2) is 0 Å². The van der Waals surface area contributed by atoms with Gasteiger partial charge in [0.15, 0.2) is 0 Å². The quantitative estimate of drug-likeness (QED) is 0.0257. The van der Waals surface area contributed by atoms with Crippen LogP contribution in [-0.4, -0.2) is 116 Å². The first-order chi connectivity index (χ1) is 26.7. The maximum Gasteiger partial charge on any atom is 0.268 e. The fraction of sp³-hybridized carbons (Fsp3) is 1.00. The van der Waals surface area contributed by atoms with Gasteiger partial charge in [-0.3, -0.25) is 32.0 Å². The molecule has 0 amide bonds. The Morgan fingerprint density at radius 3 is 0.828 bits per heavy atom. The number of phosphoric ester groups is 7. The minimum atomic E-state index is -5.23. The van der Waals surface area contributed by atoms with E-state index in [-0.39, 0.29) is 0 Å². The molecule has 0 aromatic carbocycles. The molecule has 0 bridgehead atoms. The molecule has 58 heavy (non-hydrogen) atoms. The fourth-order valence-electron chi connectivity index (χ4n) is 2.87. The molecule has 0 aromatic heterocycles. The number of halogens is 2. The lowest BCUT2D eigenvalue weighted by Crippen LogP contribution is -2.27. The van der Waals surface area contributed by atoms with Crippen molar-refractivity contribution in [1.82, 2.24) is 11.1 Å². The van der Waals surface area contributed by atoms with Crippen molar-refractivity contribution in [1.29, 1.82) is 0 Å². The lowest BCUT2D eigenvalue weighted by molar-refractivity contribution is -0.238. The summed E-state index contributed by atoms with van der Waals surface area (Å²) in [6, 6.07) is 0. The highest BCUT2D eigenvalue weighted by Gasteiger charge is 2.20. The summed E-state index contributed by atoms with van der Waals surface area (Å²) in [5.74, 6) is -2.22. The van der Waals surface area contributed by atoms with Gasteiger partial charge in [-0.2, -0.15) is 11.1 Å². The van der Waals surface area contributed by atoms with Gasteiger partial charge in [0.1, 0.15) is 0 Å². The second kappa shape index (κ2) is 29.1. The zero-order valence-electron chi connectivity index (χ0n) is 29.3. The van der Waals surface area contributed by atoms with Crippen LogP contribution in [0.1, 0.15) is 0 Å². The summed E-state index contributed by atoms with van der Waals surface area (Å²) >= 11 is 0. The maximum absolute atomic E-state index is 12.3. The van der Waals surface area contributed by atoms with Gasteiger partial charge in [-0.1, -0.05) is 0 Å². The first-order valence-electron chi connectivity index (χ1n) is 15.2. The van der Waals surface area contributed by atoms with Gasteiger partial charge in [0.05, 0.1) is 85.9 Å². The van der Waals surface area contributed by atoms with Crippen LogP contribution >= 0.6 is 54.8 Å². The smallest absolute Gasteiger partial charge is 0.268 e. The molecule has 0 aliphatic rings. The Bertz CT molecular complexity index is 1490. The minimum absolute atomic E-state index is 0.441. The van der Waals surface area contributed by atoms with Crippen LogP contribution in [0.2, 0.25) is 0 Å². The van der Waals surface area contributed by atoms with Gasteiger partial charge in [0, 0.05) is 31.5 Å². The lowest BCUT2D eigenvalue weighted by atomic mass is 10.2. The summed E-state index contributed by atoms with van der Waals surface area (Å²) < 4.78 is 161. The van der Waals surface area contributed by atoms with Crippen molar-refractivity contribution in [2.45, 2.75) is 0 Å². The van der Waals surface area contributed by atoms with E-state index < -0.39 is 172 Å². The Hall–Kier alpha value is 0.510. The van der Waals surface area contributed by atoms with E-state index in [9.17, 15) is 75.2 Å². The molecule has 350 valence electrons. The number of hydrogen-bond donors (Lipinski definition) is 4. The highest BCUT2D eigenvalue weighted by atomic mass is 31.2. The molecule has 0 saturated heterocycles. The third-order valence-electron chi connectivity index (χ3n) is 5.31. The molecule has 0 fully saturated rings. The van der Waals surface area contributed by atoms with E-state index in [4.69, 9.17) is 10.00 Å². The number of aliphatic hydroxyl groups excluding tert-OH is 1. The molecular weight excluding hydrogens is 963 g/mol. The van der Waals surface area contributed by atoms with Crippen molar-refractivity contribution >= 4 is 54.8 Å². The predicted molar refractivity (Wildman–Crippen MR) is 165 cm³/mol. The second-order valence-corrected chi connectivity index (χ2v) is 19.6. The molecule has 0 spiro atoms. The first-order valence-corrected chi connectivity index (χ1v) is 25.5. The molecule has 0 saturated carbocycles. The topological polar surface area (TPSA) is 465 Å². The highest BCUT2D eigenvalue weighted by Crippen LogP contribution is 2.44. The highest BCUT2D eigenvalue weighted by molar-refractivity contribution is 7.47. The second-order valence-electron chi connectivity index (χ2n) is 9.96. The molecule has 31 nitrogen and oxygen atoms in total. The maximum atomic E-state index is 12.3. The summed E-state index contributed by atoms with van der Waals surface area (Å²) in [4.78, 5) is 89.4. The fourth-order valence-corrected chi connectivity index (χ4v) is 7.48. The molecule has 0 heterocycles. The van der Waals surface area contributed by atoms with Crippen molar-refractivity contribution in [2.24, 2.45) is 11.8 Å². The van der Waals surface area contributed by atoms with Crippen molar-refractivity contribution < 1.29 is 144 Å². The average molecular weight is 1000 g/mol. The monoisotopic (exact) mass is 1000 g/mol. The third kappa shape index (κ3) is 34.1. The molecule has 9 atom stereocenters. The summed E-state index contributed by atoms with van der Waals surface area (Å²) in [5, 5.41) is 8.94. The van der Waals surface area contributed by atoms with E-state index in [1.54, 1.807) is 0 Å². The Morgan fingerprint density at radius 2 is 0.603 bits per heavy atom. The summed E-state index contributed by atoms with van der Waals surface area (Å²) in [6.07, 6.45) is 0. The Kier molecular flexibility index (Phi) is 29.3. The summed E-state index contributed by atoms with van der Waals surface area (Å²) in [7, 11) is -36.2. The van der Waals surface area contributed by atoms with Gasteiger partial charge >= 0.3 is 0 Å². The van der Waals surface area contributed by atoms with E-state index in [1.807, 2.05) is 0 Å². The van der Waals surface area contributed by atoms with Crippen LogP contribution in [0.5, 0.6) is 0 Å². The van der Waals surface area contributed by atoms with E-state index >= 15 is 0 Å². The Morgan fingerprint density at radius 1 is 0.397 bits per heavy atom. The van der Waals surface area contributed by atoms with E-state index in [0.717, 1.165) is 5.54 Å². The number of aliphatic hydroxyl groups is 1. The normalized spacial score (nSPS) is 20.7. The molecular formula is C18H38F2N2O29P7-7. The molecule has 0 aliphatic heterocycles. The Labute approximate surface area is 327 Å². The number of nitrogens with one attached hydrogen (secondary N) is 2. The first kappa shape index (κ1) is 58.5. The van der Waals surface area contributed by atoms with Crippen molar-refractivity contribution in [3.63, 3.8) is 0 Å². The number of phosphoric acid groups is 7. The van der Waals surface area contributed by atoms with Gasteiger partial charge in [0.2, 0.25) is 0 Å². The van der Waals surface area contributed by atoms with E-state index in [2.05, 4.69) is 58.8 Å². The zero-order chi connectivity index (χ0) is 44.6. The largest absolute Gasteiger partial charge is 0.756 e. The summed E-state index contributed by atoms with van der Waals surface area (Å²) in [6.45, 7) is -14.1. The predicted octanol–water partition coefficient (Wildman–Crippen LogP) is -4.35. The van der Waals surface area contributed by atoms with E-state index in [1.165, 1.54) is 5.54 Å². The van der Waals surface area contributed by atoms with Crippen LogP contribution in [0.3, 0.4) is 0 Å². The molecule has 0 radical (unpaired) electrons. The van der Waals surface area contributed by atoms with E-state index in [0.29, 0.717) is 0 Å². The van der Waals surface area contributed by atoms with Crippen molar-refractivity contribution in [3.05, 3.63) is 0 Å². The van der Waals surface area contributed by atoms with Gasteiger partial charge < -0.3 is 103 Å². The zero-order valence-corrected chi connectivity index (χ0v) is 35.5. The van der Waals surface area contributed by atoms with Crippen molar-refractivity contribution in [2.75, 3.05) is 106 Å². The van der Waals surface area contributed by atoms with Crippen LogP contribution in [-0.2, 0) is 90.8 Å². The van der Waals surface area contributed by atoms with Crippen LogP contribution in [0.25, 0.3) is 0 Å². The van der Waals surface area contributed by atoms with Gasteiger partial charge in [-0.25, -0.2) is 0 Å². The lowest BCUT2D eigenvalue weighted by Gasteiger charge is -2.27. The molecule has 0 rings (SSSR count). The van der Waals surface area contributed by atoms with Gasteiger partial charge in [-0.15, -0.1) is 8.96 Å². The third-order valence-corrected chi connectivity index (χ3v) is 11.7. The summed E-state index contributed by atoms with van der Waals surface area (Å²) in [5.41, 5.74) is 2.29. The number of hydrogen-bond acceptors (Lipinski definition) is 30.